The van der Waals surface area contributed by atoms with Gasteiger partial charge < -0.3 is 9.13 Å². The van der Waals surface area contributed by atoms with Gasteiger partial charge in [-0.3, -0.25) is 0 Å². The van der Waals surface area contributed by atoms with Crippen LogP contribution in [-0.4, -0.2) is 9.13 Å². The van der Waals surface area contributed by atoms with E-state index in [2.05, 4.69) is 179 Å². The molecule has 8 aromatic carbocycles. The first-order valence-electron chi connectivity index (χ1n) is 17.7. The molecule has 0 aliphatic carbocycles. The van der Waals surface area contributed by atoms with Crippen LogP contribution in [0.5, 0.6) is 0 Å². The van der Waals surface area contributed by atoms with Crippen LogP contribution in [-0.2, 0) is 0 Å². The number of nitrogens with zero attached hydrogens (tertiary/aromatic N) is 2. The molecule has 0 saturated heterocycles. The molecule has 0 N–H and O–H groups in total. The van der Waals surface area contributed by atoms with Crippen molar-refractivity contribution in [3.63, 3.8) is 0 Å². The van der Waals surface area contributed by atoms with Gasteiger partial charge in [0.1, 0.15) is 0 Å². The maximum atomic E-state index is 2.45. The highest BCUT2D eigenvalue weighted by Crippen LogP contribution is 2.43. The largest absolute Gasteiger partial charge is 0.309 e. The zero-order chi connectivity index (χ0) is 33.9. The Morgan fingerprint density at radius 1 is 0.269 bits per heavy atom. The van der Waals surface area contributed by atoms with Crippen LogP contribution in [0.25, 0.3) is 106 Å². The molecule has 4 aromatic heterocycles. The van der Waals surface area contributed by atoms with Crippen LogP contribution in [0.2, 0.25) is 0 Å². The zero-order valence-corrected chi connectivity index (χ0v) is 29.5. The summed E-state index contributed by atoms with van der Waals surface area (Å²) < 4.78 is 10.2. The van der Waals surface area contributed by atoms with Crippen molar-refractivity contribution in [1.82, 2.24) is 9.13 Å². The molecule has 4 heterocycles. The van der Waals surface area contributed by atoms with Gasteiger partial charge in [-0.25, -0.2) is 0 Å². The van der Waals surface area contributed by atoms with Crippen molar-refractivity contribution < 1.29 is 0 Å². The molecule has 0 bridgehead atoms. The van der Waals surface area contributed by atoms with Crippen LogP contribution in [0, 0.1) is 0 Å². The van der Waals surface area contributed by atoms with E-state index in [4.69, 9.17) is 0 Å². The molecule has 0 spiro atoms. The average molecular weight is 697 g/mol. The van der Waals surface area contributed by atoms with Crippen molar-refractivity contribution in [2.45, 2.75) is 0 Å². The normalized spacial score (nSPS) is 12.2. The SMILES string of the molecule is c1cc(-c2cccc(-n3c4ccccc4c4cc5c(cc43)sc3ccccc35)c2)cc(-n2c3ccccc3c3cc4c(cc32)sc2ccccc24)c1. The molecule has 52 heavy (non-hydrogen) atoms. The standard InChI is InChI=1S/C48H28N2S2/c1-5-19-41-33(15-1)37-25-39-35-17-3-7-21-45(35)51-47(39)27-43(37)49(41)31-13-9-11-29(23-31)30-12-10-14-32(24-30)50-42-20-6-2-16-34(42)38-26-40-36-18-4-8-22-46(36)52-48(40)28-44(38)50/h1-28H. The van der Waals surface area contributed by atoms with Crippen molar-refractivity contribution in [3.8, 4) is 22.5 Å². The molecule has 0 radical (unpaired) electrons. The Morgan fingerprint density at radius 3 is 1.17 bits per heavy atom. The van der Waals surface area contributed by atoms with Gasteiger partial charge in [0.15, 0.2) is 0 Å². The quantitative estimate of drug-likeness (QED) is 0.174. The van der Waals surface area contributed by atoms with Gasteiger partial charge in [0.25, 0.3) is 0 Å². The van der Waals surface area contributed by atoms with Crippen molar-refractivity contribution in [2.24, 2.45) is 0 Å². The topological polar surface area (TPSA) is 9.86 Å². The molecule has 4 heteroatoms. The second kappa shape index (κ2) is 10.7. The molecule has 0 aliphatic heterocycles. The number of rotatable bonds is 3. The van der Waals surface area contributed by atoms with Gasteiger partial charge in [-0.05, 0) is 83.9 Å². The summed E-state index contributed by atoms with van der Waals surface area (Å²) in [7, 11) is 0. The molecule has 0 aliphatic rings. The number of hydrogen-bond donors (Lipinski definition) is 0. The van der Waals surface area contributed by atoms with Crippen LogP contribution in [0.1, 0.15) is 0 Å². The van der Waals surface area contributed by atoms with E-state index in [1.54, 1.807) is 0 Å². The van der Waals surface area contributed by atoms with Gasteiger partial charge in [-0.1, -0.05) is 97.1 Å². The zero-order valence-electron chi connectivity index (χ0n) is 27.9. The predicted octanol–water partition coefficient (Wildman–Crippen LogP) is 14.3. The Labute approximate surface area is 306 Å². The molecular formula is C48H28N2S2. The summed E-state index contributed by atoms with van der Waals surface area (Å²) >= 11 is 3.76. The molecule has 12 rings (SSSR count). The van der Waals surface area contributed by atoms with E-state index in [1.807, 2.05) is 22.7 Å². The number of thiophene rings is 2. The van der Waals surface area contributed by atoms with E-state index >= 15 is 0 Å². The Hall–Kier alpha value is -6.20. The van der Waals surface area contributed by atoms with Crippen LogP contribution >= 0.6 is 22.7 Å². The summed E-state index contributed by atoms with van der Waals surface area (Å²) in [4.78, 5) is 0. The monoisotopic (exact) mass is 696 g/mol. The fourth-order valence-corrected chi connectivity index (χ4v) is 10.8. The molecule has 0 unspecified atom stereocenters. The lowest BCUT2D eigenvalue weighted by molar-refractivity contribution is 1.18. The summed E-state index contributed by atoms with van der Waals surface area (Å²) in [5.74, 6) is 0. The summed E-state index contributed by atoms with van der Waals surface area (Å²) in [6.07, 6.45) is 0. The number of aromatic nitrogens is 2. The lowest BCUT2D eigenvalue weighted by atomic mass is 10.0. The highest BCUT2D eigenvalue weighted by atomic mass is 32.1. The second-order valence-corrected chi connectivity index (χ2v) is 15.9. The fourth-order valence-electron chi connectivity index (χ4n) is 8.58. The highest BCUT2D eigenvalue weighted by Gasteiger charge is 2.18. The second-order valence-electron chi connectivity index (χ2n) is 13.7. The molecule has 2 nitrogen and oxygen atoms in total. The third-order valence-corrected chi connectivity index (χ3v) is 13.2. The van der Waals surface area contributed by atoms with Gasteiger partial charge in [0.2, 0.25) is 0 Å². The van der Waals surface area contributed by atoms with Crippen LogP contribution < -0.4 is 0 Å². The Bertz CT molecular complexity index is 3190. The Kier molecular flexibility index (Phi) is 5.84. The van der Waals surface area contributed by atoms with Crippen LogP contribution in [0.4, 0.5) is 0 Å². The van der Waals surface area contributed by atoms with Crippen LogP contribution in [0.15, 0.2) is 170 Å². The van der Waals surface area contributed by atoms with E-state index < -0.39 is 0 Å². The minimum absolute atomic E-state index is 1.17. The first-order chi connectivity index (χ1) is 25.8. The highest BCUT2D eigenvalue weighted by molar-refractivity contribution is 7.26. The predicted molar refractivity (Wildman–Crippen MR) is 226 cm³/mol. The number of hydrogen-bond acceptors (Lipinski definition) is 2. The third kappa shape index (κ3) is 3.99. The van der Waals surface area contributed by atoms with Gasteiger partial charge >= 0.3 is 0 Å². The third-order valence-electron chi connectivity index (χ3n) is 10.9. The smallest absolute Gasteiger partial charge is 0.0555 e. The fraction of sp³-hybridized carbons (Fsp3) is 0. The minimum atomic E-state index is 1.17. The number of fused-ring (bicyclic) bond motifs is 12. The first-order valence-corrected chi connectivity index (χ1v) is 19.3. The first kappa shape index (κ1) is 28.5. The van der Waals surface area contributed by atoms with Crippen molar-refractivity contribution >= 4 is 107 Å². The summed E-state index contributed by atoms with van der Waals surface area (Å²) in [6, 6.07) is 62.9. The summed E-state index contributed by atoms with van der Waals surface area (Å²) in [5.41, 5.74) is 9.65. The van der Waals surface area contributed by atoms with E-state index in [0.717, 1.165) is 0 Å². The van der Waals surface area contributed by atoms with Crippen molar-refractivity contribution in [1.29, 1.82) is 0 Å². The summed E-state index contributed by atoms with van der Waals surface area (Å²) in [6.45, 7) is 0. The average Bonchev–Trinajstić information content (AvgIpc) is 3.93. The molecular weight excluding hydrogens is 669 g/mol. The molecule has 242 valence electrons. The van der Waals surface area contributed by atoms with E-state index in [-0.39, 0.29) is 0 Å². The molecule has 0 amide bonds. The Balaban J connectivity index is 1.05. The molecule has 12 aromatic rings. The van der Waals surface area contributed by atoms with Gasteiger partial charge in [0.05, 0.1) is 22.1 Å². The van der Waals surface area contributed by atoms with Gasteiger partial charge in [0, 0.05) is 73.3 Å². The molecule has 0 fully saturated rings. The van der Waals surface area contributed by atoms with Crippen LogP contribution in [0.3, 0.4) is 0 Å². The molecule has 0 atom stereocenters. The lowest BCUT2D eigenvalue weighted by Gasteiger charge is -2.13. The summed E-state index contributed by atoms with van der Waals surface area (Å²) in [5, 5.41) is 10.5. The number of benzene rings is 8. The van der Waals surface area contributed by atoms with Crippen molar-refractivity contribution in [3.05, 3.63) is 170 Å². The van der Waals surface area contributed by atoms with Crippen molar-refractivity contribution in [2.75, 3.05) is 0 Å². The van der Waals surface area contributed by atoms with Gasteiger partial charge in [-0.15, -0.1) is 22.7 Å². The number of para-hydroxylation sites is 2. The van der Waals surface area contributed by atoms with E-state index in [9.17, 15) is 0 Å². The van der Waals surface area contributed by atoms with Gasteiger partial charge in [-0.2, -0.15) is 0 Å². The van der Waals surface area contributed by atoms with E-state index in [0.29, 0.717) is 0 Å². The Morgan fingerprint density at radius 2 is 0.692 bits per heavy atom. The maximum Gasteiger partial charge on any atom is 0.0555 e. The lowest BCUT2D eigenvalue weighted by Crippen LogP contribution is -1.96. The van der Waals surface area contributed by atoms with E-state index in [1.165, 1.54) is 106 Å². The minimum Gasteiger partial charge on any atom is -0.309 e. The molecule has 0 saturated carbocycles. The maximum absolute atomic E-state index is 2.45.